The molecule has 0 unspecified atom stereocenters. The number of hydrogen-bond acceptors (Lipinski definition) is 3. The van der Waals surface area contributed by atoms with Gasteiger partial charge in [-0.3, -0.25) is 9.48 Å². The highest BCUT2D eigenvalue weighted by molar-refractivity contribution is 6.03. The first-order valence-corrected chi connectivity index (χ1v) is 8.06. The predicted octanol–water partition coefficient (Wildman–Crippen LogP) is 4.42. The van der Waals surface area contributed by atoms with Crippen molar-refractivity contribution in [3.63, 3.8) is 0 Å². The van der Waals surface area contributed by atoms with Crippen LogP contribution in [0.1, 0.15) is 17.4 Å². The molecule has 0 bridgehead atoms. The van der Waals surface area contributed by atoms with Gasteiger partial charge in [0.15, 0.2) is 5.69 Å². The average Bonchev–Trinajstić information content (AvgIpc) is 3.07. The Hall–Kier alpha value is -3.22. The Morgan fingerprint density at radius 3 is 2.62 bits per heavy atom. The number of carbonyl (C=O) groups excluding carboxylic acids is 1. The van der Waals surface area contributed by atoms with E-state index in [9.17, 15) is 13.6 Å². The summed E-state index contributed by atoms with van der Waals surface area (Å²) in [4.78, 5) is 12.4. The number of ether oxygens (including phenoxy) is 1. The standard InChI is InChI=1S/C19H17F2N3O2/c1-2-24-17(13-7-6-10-15(11-13)26-19(20)21)12-16(23-24)18(25)22-14-8-4-3-5-9-14/h3-12,19H,2H2,1H3,(H,22,25). The number of aryl methyl sites for hydroxylation is 1. The van der Waals surface area contributed by atoms with Crippen molar-refractivity contribution in [1.29, 1.82) is 0 Å². The summed E-state index contributed by atoms with van der Waals surface area (Å²) in [6.07, 6.45) is 0. The second-order valence-corrected chi connectivity index (χ2v) is 5.46. The number of aromatic nitrogens is 2. The maximum atomic E-state index is 12.4. The van der Waals surface area contributed by atoms with Crippen LogP contribution >= 0.6 is 0 Å². The maximum absolute atomic E-state index is 12.4. The number of nitrogens with zero attached hydrogens (tertiary/aromatic N) is 2. The SMILES string of the molecule is CCn1nc(C(=O)Nc2ccccc2)cc1-c1cccc(OC(F)F)c1. The van der Waals surface area contributed by atoms with E-state index in [1.54, 1.807) is 35.0 Å². The third kappa shape index (κ3) is 4.05. The van der Waals surface area contributed by atoms with Gasteiger partial charge in [0.25, 0.3) is 5.91 Å². The molecule has 3 rings (SSSR count). The van der Waals surface area contributed by atoms with Gasteiger partial charge in [-0.05, 0) is 37.3 Å². The van der Waals surface area contributed by atoms with Gasteiger partial charge in [0.2, 0.25) is 0 Å². The number of nitrogens with one attached hydrogen (secondary N) is 1. The van der Waals surface area contributed by atoms with Gasteiger partial charge >= 0.3 is 6.61 Å². The van der Waals surface area contributed by atoms with Crippen LogP contribution in [0.3, 0.4) is 0 Å². The number of carbonyl (C=O) groups is 1. The van der Waals surface area contributed by atoms with E-state index in [1.807, 2.05) is 25.1 Å². The van der Waals surface area contributed by atoms with Gasteiger partial charge in [0, 0.05) is 17.8 Å². The Balaban J connectivity index is 1.88. The molecule has 134 valence electrons. The normalized spacial score (nSPS) is 10.8. The summed E-state index contributed by atoms with van der Waals surface area (Å²) in [5.74, 6) is -0.290. The Labute approximate surface area is 149 Å². The summed E-state index contributed by atoms with van der Waals surface area (Å²) in [6, 6.07) is 17.0. The number of alkyl halides is 2. The molecule has 2 aromatic carbocycles. The lowest BCUT2D eigenvalue weighted by Gasteiger charge is -2.08. The van der Waals surface area contributed by atoms with Gasteiger partial charge in [0.1, 0.15) is 5.75 Å². The van der Waals surface area contributed by atoms with Crippen LogP contribution in [-0.2, 0) is 6.54 Å². The van der Waals surface area contributed by atoms with Crippen molar-refractivity contribution in [3.8, 4) is 17.0 Å². The third-order valence-corrected chi connectivity index (χ3v) is 3.70. The van der Waals surface area contributed by atoms with E-state index < -0.39 is 6.61 Å². The van der Waals surface area contributed by atoms with Crippen molar-refractivity contribution < 1.29 is 18.3 Å². The molecular formula is C19H17F2N3O2. The van der Waals surface area contributed by atoms with Crippen LogP contribution in [0.25, 0.3) is 11.3 Å². The summed E-state index contributed by atoms with van der Waals surface area (Å²) in [6.45, 7) is -0.489. The molecule has 0 fully saturated rings. The molecular weight excluding hydrogens is 340 g/mol. The molecule has 0 radical (unpaired) electrons. The summed E-state index contributed by atoms with van der Waals surface area (Å²) in [5.41, 5.74) is 2.19. The molecule has 0 spiro atoms. The lowest BCUT2D eigenvalue weighted by molar-refractivity contribution is -0.0498. The molecule has 5 nitrogen and oxygen atoms in total. The zero-order chi connectivity index (χ0) is 18.5. The fraction of sp³-hybridized carbons (Fsp3) is 0.158. The van der Waals surface area contributed by atoms with E-state index in [0.717, 1.165) is 0 Å². The number of halogens is 2. The van der Waals surface area contributed by atoms with Crippen molar-refractivity contribution in [2.24, 2.45) is 0 Å². The second-order valence-electron chi connectivity index (χ2n) is 5.46. The first-order chi connectivity index (χ1) is 12.6. The largest absolute Gasteiger partial charge is 0.435 e. The Bertz CT molecular complexity index is 895. The molecule has 1 amide bonds. The summed E-state index contributed by atoms with van der Waals surface area (Å²) in [5, 5.41) is 7.08. The molecule has 26 heavy (non-hydrogen) atoms. The van der Waals surface area contributed by atoms with Crippen LogP contribution in [0.2, 0.25) is 0 Å². The first-order valence-electron chi connectivity index (χ1n) is 8.06. The van der Waals surface area contributed by atoms with Crippen molar-refractivity contribution in [1.82, 2.24) is 9.78 Å². The topological polar surface area (TPSA) is 56.2 Å². The molecule has 0 saturated heterocycles. The number of para-hydroxylation sites is 1. The zero-order valence-electron chi connectivity index (χ0n) is 14.0. The van der Waals surface area contributed by atoms with E-state index in [2.05, 4.69) is 15.2 Å². The van der Waals surface area contributed by atoms with E-state index in [-0.39, 0.29) is 17.4 Å². The highest BCUT2D eigenvalue weighted by atomic mass is 19.3. The van der Waals surface area contributed by atoms with Crippen molar-refractivity contribution in [2.45, 2.75) is 20.1 Å². The number of amides is 1. The second kappa shape index (κ2) is 7.77. The number of rotatable bonds is 6. The minimum absolute atomic E-state index is 0.0524. The van der Waals surface area contributed by atoms with Crippen LogP contribution in [0.4, 0.5) is 14.5 Å². The quantitative estimate of drug-likeness (QED) is 0.710. The summed E-state index contributed by atoms with van der Waals surface area (Å²) < 4.78 is 30.9. The fourth-order valence-electron chi connectivity index (χ4n) is 2.55. The highest BCUT2D eigenvalue weighted by Crippen LogP contribution is 2.26. The van der Waals surface area contributed by atoms with Gasteiger partial charge in [-0.25, -0.2) is 0 Å². The van der Waals surface area contributed by atoms with Crippen molar-refractivity contribution in [2.75, 3.05) is 5.32 Å². The third-order valence-electron chi connectivity index (χ3n) is 3.70. The smallest absolute Gasteiger partial charge is 0.387 e. The van der Waals surface area contributed by atoms with E-state index in [0.29, 0.717) is 23.5 Å². The van der Waals surface area contributed by atoms with Crippen LogP contribution in [0.5, 0.6) is 5.75 Å². The minimum Gasteiger partial charge on any atom is -0.435 e. The molecule has 0 aliphatic carbocycles. The zero-order valence-corrected chi connectivity index (χ0v) is 14.0. The summed E-state index contributed by atoms with van der Waals surface area (Å²) >= 11 is 0. The molecule has 1 heterocycles. The first kappa shape index (κ1) is 17.6. The van der Waals surface area contributed by atoms with E-state index >= 15 is 0 Å². The Morgan fingerprint density at radius 2 is 1.92 bits per heavy atom. The minimum atomic E-state index is -2.89. The van der Waals surface area contributed by atoms with Crippen molar-refractivity contribution in [3.05, 3.63) is 66.4 Å². The molecule has 7 heteroatoms. The van der Waals surface area contributed by atoms with Crippen LogP contribution in [0, 0.1) is 0 Å². The molecule has 0 aliphatic rings. The van der Waals surface area contributed by atoms with Gasteiger partial charge in [0.05, 0.1) is 5.69 Å². The molecule has 3 aromatic rings. The Morgan fingerprint density at radius 1 is 1.15 bits per heavy atom. The average molecular weight is 357 g/mol. The number of hydrogen-bond donors (Lipinski definition) is 1. The van der Waals surface area contributed by atoms with Crippen LogP contribution in [-0.4, -0.2) is 22.3 Å². The molecule has 1 aromatic heterocycles. The predicted molar refractivity (Wildman–Crippen MR) is 94.4 cm³/mol. The monoisotopic (exact) mass is 357 g/mol. The van der Waals surface area contributed by atoms with Crippen LogP contribution < -0.4 is 10.1 Å². The van der Waals surface area contributed by atoms with Gasteiger partial charge < -0.3 is 10.1 Å². The highest BCUT2D eigenvalue weighted by Gasteiger charge is 2.16. The van der Waals surface area contributed by atoms with E-state index in [1.165, 1.54) is 12.1 Å². The van der Waals surface area contributed by atoms with Gasteiger partial charge in [-0.1, -0.05) is 30.3 Å². The molecule has 0 aliphatic heterocycles. The number of benzene rings is 2. The maximum Gasteiger partial charge on any atom is 0.387 e. The van der Waals surface area contributed by atoms with E-state index in [4.69, 9.17) is 0 Å². The van der Waals surface area contributed by atoms with Gasteiger partial charge in [-0.2, -0.15) is 13.9 Å². The summed E-state index contributed by atoms with van der Waals surface area (Å²) in [7, 11) is 0. The van der Waals surface area contributed by atoms with Crippen LogP contribution in [0.15, 0.2) is 60.7 Å². The van der Waals surface area contributed by atoms with Gasteiger partial charge in [-0.15, -0.1) is 0 Å². The molecule has 0 atom stereocenters. The Kier molecular flexibility index (Phi) is 5.26. The van der Waals surface area contributed by atoms with Crippen molar-refractivity contribution >= 4 is 11.6 Å². The molecule has 0 saturated carbocycles. The molecule has 1 N–H and O–H groups in total. The lowest BCUT2D eigenvalue weighted by Crippen LogP contribution is -2.13. The number of anilines is 1. The lowest BCUT2D eigenvalue weighted by atomic mass is 10.1. The fourth-order valence-corrected chi connectivity index (χ4v) is 2.55.